The van der Waals surface area contributed by atoms with Crippen LogP contribution in [0.4, 0.5) is 0 Å². The summed E-state index contributed by atoms with van der Waals surface area (Å²) in [5.74, 6) is -0.324. The molecule has 1 aromatic carbocycles. The summed E-state index contributed by atoms with van der Waals surface area (Å²) in [5.41, 5.74) is 2.50. The molecule has 1 aliphatic heterocycles. The molecular formula is C16H19NO3. The fourth-order valence-electron chi connectivity index (χ4n) is 2.28. The highest BCUT2D eigenvalue weighted by Gasteiger charge is 2.18. The Balaban J connectivity index is 1.88. The molecular weight excluding hydrogens is 254 g/mol. The third-order valence-corrected chi connectivity index (χ3v) is 3.48. The van der Waals surface area contributed by atoms with Crippen molar-refractivity contribution in [1.29, 1.82) is 0 Å². The quantitative estimate of drug-likeness (QED) is 0.790. The third-order valence-electron chi connectivity index (χ3n) is 3.48. The first-order chi connectivity index (χ1) is 9.70. The molecule has 0 saturated carbocycles. The van der Waals surface area contributed by atoms with Gasteiger partial charge in [0, 0.05) is 19.5 Å². The van der Waals surface area contributed by atoms with Crippen molar-refractivity contribution in [1.82, 2.24) is 4.90 Å². The van der Waals surface area contributed by atoms with Crippen molar-refractivity contribution in [2.24, 2.45) is 0 Å². The zero-order valence-corrected chi connectivity index (χ0v) is 11.7. The van der Waals surface area contributed by atoms with Gasteiger partial charge in [-0.2, -0.15) is 0 Å². The van der Waals surface area contributed by atoms with Gasteiger partial charge >= 0.3 is 5.97 Å². The van der Waals surface area contributed by atoms with Crippen LogP contribution < -0.4 is 0 Å². The van der Waals surface area contributed by atoms with Crippen molar-refractivity contribution in [2.45, 2.75) is 19.3 Å². The lowest BCUT2D eigenvalue weighted by atomic mass is 9.99. The first-order valence-corrected chi connectivity index (χ1v) is 6.79. The predicted octanol–water partition coefficient (Wildman–Crippen LogP) is 2.26. The monoisotopic (exact) mass is 273 g/mol. The van der Waals surface area contributed by atoms with Crippen LogP contribution in [0.1, 0.15) is 24.8 Å². The minimum atomic E-state index is -0.337. The number of esters is 1. The van der Waals surface area contributed by atoms with Crippen LogP contribution in [0.25, 0.3) is 5.57 Å². The molecule has 1 heterocycles. The molecule has 1 aliphatic rings. The van der Waals surface area contributed by atoms with Crippen molar-refractivity contribution >= 4 is 17.4 Å². The van der Waals surface area contributed by atoms with Crippen LogP contribution in [-0.4, -0.2) is 37.0 Å². The van der Waals surface area contributed by atoms with Crippen molar-refractivity contribution in [3.8, 4) is 0 Å². The molecule has 0 atom stereocenters. The Morgan fingerprint density at radius 3 is 2.55 bits per heavy atom. The summed E-state index contributed by atoms with van der Waals surface area (Å²) in [6, 6.07) is 10.2. The zero-order valence-electron chi connectivity index (χ0n) is 11.7. The SMILES string of the molecule is COC(=O)CCC(=O)N1CC=C(c2ccccc2)CC1. The van der Waals surface area contributed by atoms with Crippen molar-refractivity contribution < 1.29 is 14.3 Å². The van der Waals surface area contributed by atoms with E-state index in [0.29, 0.717) is 13.1 Å². The lowest BCUT2D eigenvalue weighted by Gasteiger charge is -2.26. The molecule has 0 N–H and O–H groups in total. The lowest BCUT2D eigenvalue weighted by Crippen LogP contribution is -2.34. The standard InChI is InChI=1S/C16H19NO3/c1-20-16(19)8-7-15(18)17-11-9-14(10-12-17)13-5-3-2-4-6-13/h2-6,9H,7-8,10-12H2,1H3. The van der Waals surface area contributed by atoms with E-state index in [1.165, 1.54) is 18.2 Å². The summed E-state index contributed by atoms with van der Waals surface area (Å²) in [5, 5.41) is 0. The Morgan fingerprint density at radius 2 is 1.95 bits per heavy atom. The first kappa shape index (κ1) is 14.3. The number of ether oxygens (including phenoxy) is 1. The summed E-state index contributed by atoms with van der Waals surface area (Å²) < 4.78 is 4.54. The van der Waals surface area contributed by atoms with Gasteiger partial charge in [-0.1, -0.05) is 36.4 Å². The van der Waals surface area contributed by atoms with Gasteiger partial charge in [0.15, 0.2) is 0 Å². The Kier molecular flexibility index (Phi) is 4.93. The van der Waals surface area contributed by atoms with E-state index in [1.807, 2.05) is 18.2 Å². The van der Waals surface area contributed by atoms with Crippen LogP contribution in [0.3, 0.4) is 0 Å². The van der Waals surface area contributed by atoms with E-state index in [2.05, 4.69) is 22.9 Å². The molecule has 106 valence electrons. The van der Waals surface area contributed by atoms with Gasteiger partial charge in [-0.25, -0.2) is 0 Å². The normalized spacial score (nSPS) is 14.7. The Hall–Kier alpha value is -2.10. The number of benzene rings is 1. The topological polar surface area (TPSA) is 46.6 Å². The van der Waals surface area contributed by atoms with Gasteiger partial charge < -0.3 is 9.64 Å². The molecule has 20 heavy (non-hydrogen) atoms. The lowest BCUT2D eigenvalue weighted by molar-refractivity contribution is -0.143. The Labute approximate surface area is 119 Å². The number of rotatable bonds is 4. The number of carbonyl (C=O) groups excluding carboxylic acids is 2. The summed E-state index contributed by atoms with van der Waals surface area (Å²) in [6.45, 7) is 1.32. The van der Waals surface area contributed by atoms with Crippen LogP contribution in [0, 0.1) is 0 Å². The molecule has 2 rings (SSSR count). The molecule has 0 radical (unpaired) electrons. The number of methoxy groups -OCH3 is 1. The van der Waals surface area contributed by atoms with Gasteiger partial charge in [0.05, 0.1) is 13.5 Å². The maximum atomic E-state index is 12.0. The van der Waals surface area contributed by atoms with E-state index in [-0.39, 0.29) is 24.7 Å². The minimum absolute atomic E-state index is 0.0127. The van der Waals surface area contributed by atoms with Crippen molar-refractivity contribution in [3.63, 3.8) is 0 Å². The van der Waals surface area contributed by atoms with Crippen LogP contribution in [0.2, 0.25) is 0 Å². The maximum absolute atomic E-state index is 12.0. The third kappa shape index (κ3) is 3.70. The molecule has 1 amide bonds. The minimum Gasteiger partial charge on any atom is -0.469 e. The van der Waals surface area contributed by atoms with Gasteiger partial charge in [-0.15, -0.1) is 0 Å². The van der Waals surface area contributed by atoms with E-state index in [9.17, 15) is 9.59 Å². The summed E-state index contributed by atoms with van der Waals surface area (Å²) in [7, 11) is 1.34. The van der Waals surface area contributed by atoms with Gasteiger partial charge in [0.1, 0.15) is 0 Å². The predicted molar refractivity (Wildman–Crippen MR) is 76.9 cm³/mol. The van der Waals surface area contributed by atoms with Crippen LogP contribution in [-0.2, 0) is 14.3 Å². The molecule has 1 aromatic rings. The second-order valence-electron chi connectivity index (χ2n) is 4.76. The molecule has 0 bridgehead atoms. The van der Waals surface area contributed by atoms with Gasteiger partial charge in [0.25, 0.3) is 0 Å². The zero-order chi connectivity index (χ0) is 14.4. The van der Waals surface area contributed by atoms with E-state index < -0.39 is 0 Å². The molecule has 0 aliphatic carbocycles. The largest absolute Gasteiger partial charge is 0.469 e. The molecule has 0 aromatic heterocycles. The number of carbonyl (C=O) groups is 2. The summed E-state index contributed by atoms with van der Waals surface area (Å²) in [4.78, 5) is 24.8. The number of hydrogen-bond acceptors (Lipinski definition) is 3. The molecule has 4 nitrogen and oxygen atoms in total. The fraction of sp³-hybridized carbons (Fsp3) is 0.375. The van der Waals surface area contributed by atoms with E-state index in [1.54, 1.807) is 4.90 Å². The fourth-order valence-corrected chi connectivity index (χ4v) is 2.28. The molecule has 0 saturated heterocycles. The second kappa shape index (κ2) is 6.89. The summed E-state index contributed by atoms with van der Waals surface area (Å²) in [6.07, 6.45) is 3.32. The summed E-state index contributed by atoms with van der Waals surface area (Å²) >= 11 is 0. The first-order valence-electron chi connectivity index (χ1n) is 6.79. The van der Waals surface area contributed by atoms with Gasteiger partial charge in [-0.3, -0.25) is 9.59 Å². The average Bonchev–Trinajstić information content (AvgIpc) is 2.53. The maximum Gasteiger partial charge on any atom is 0.306 e. The highest BCUT2D eigenvalue weighted by molar-refractivity contribution is 5.82. The van der Waals surface area contributed by atoms with Crippen molar-refractivity contribution in [2.75, 3.05) is 20.2 Å². The van der Waals surface area contributed by atoms with Crippen molar-refractivity contribution in [3.05, 3.63) is 42.0 Å². The molecule has 0 spiro atoms. The molecule has 0 fully saturated rings. The number of hydrogen-bond donors (Lipinski definition) is 0. The molecule has 4 heteroatoms. The van der Waals surface area contributed by atoms with Gasteiger partial charge in [0.2, 0.25) is 5.91 Å². The number of nitrogens with zero attached hydrogens (tertiary/aromatic N) is 1. The van der Waals surface area contributed by atoms with E-state index in [4.69, 9.17) is 0 Å². The van der Waals surface area contributed by atoms with Crippen LogP contribution in [0.5, 0.6) is 0 Å². The Morgan fingerprint density at radius 1 is 1.20 bits per heavy atom. The van der Waals surface area contributed by atoms with Crippen LogP contribution in [0.15, 0.2) is 36.4 Å². The molecule has 0 unspecified atom stereocenters. The van der Waals surface area contributed by atoms with Crippen LogP contribution >= 0.6 is 0 Å². The van der Waals surface area contributed by atoms with E-state index >= 15 is 0 Å². The number of amides is 1. The van der Waals surface area contributed by atoms with Gasteiger partial charge in [-0.05, 0) is 17.6 Å². The second-order valence-corrected chi connectivity index (χ2v) is 4.76. The highest BCUT2D eigenvalue weighted by atomic mass is 16.5. The average molecular weight is 273 g/mol. The Bertz CT molecular complexity index is 508. The smallest absolute Gasteiger partial charge is 0.306 e. The highest BCUT2D eigenvalue weighted by Crippen LogP contribution is 2.22. The van der Waals surface area contributed by atoms with E-state index in [0.717, 1.165) is 6.42 Å².